The summed E-state index contributed by atoms with van der Waals surface area (Å²) in [5.41, 5.74) is 0.711. The molecule has 2 rings (SSSR count). The van der Waals surface area contributed by atoms with Crippen LogP contribution in [0.1, 0.15) is 30.6 Å². The molecule has 1 amide bonds. The zero-order chi connectivity index (χ0) is 14.9. The van der Waals surface area contributed by atoms with Gasteiger partial charge in [-0.25, -0.2) is 0 Å². The summed E-state index contributed by atoms with van der Waals surface area (Å²) in [6.45, 7) is 4.33. The number of amides is 1. The molecule has 0 radical (unpaired) electrons. The Morgan fingerprint density at radius 3 is 2.50 bits per heavy atom. The van der Waals surface area contributed by atoms with E-state index in [9.17, 15) is 9.59 Å². The molecule has 0 spiro atoms. The van der Waals surface area contributed by atoms with Crippen LogP contribution in [0.4, 0.5) is 5.69 Å². The highest BCUT2D eigenvalue weighted by Gasteiger charge is 2.36. The van der Waals surface area contributed by atoms with E-state index in [1.807, 2.05) is 13.8 Å². The molecule has 1 aromatic rings. The number of carbonyl (C=O) groups is 2. The van der Waals surface area contributed by atoms with Crippen LogP contribution in [0.2, 0.25) is 0 Å². The SMILES string of the molecule is COc1ccc2c(c1)N(CCC(C)(C)OC)C(=O)C2=O. The van der Waals surface area contributed by atoms with Gasteiger partial charge in [0.1, 0.15) is 5.75 Å². The first kappa shape index (κ1) is 14.5. The molecule has 1 aliphatic heterocycles. The fourth-order valence-corrected chi connectivity index (χ4v) is 2.11. The van der Waals surface area contributed by atoms with E-state index in [2.05, 4.69) is 0 Å². The molecule has 1 aromatic carbocycles. The van der Waals surface area contributed by atoms with Crippen LogP contribution in [0, 0.1) is 0 Å². The summed E-state index contributed by atoms with van der Waals surface area (Å²) in [6, 6.07) is 5.04. The molecule has 1 heterocycles. The molecule has 0 bridgehead atoms. The lowest BCUT2D eigenvalue weighted by molar-refractivity contribution is -0.114. The van der Waals surface area contributed by atoms with Crippen molar-refractivity contribution in [2.24, 2.45) is 0 Å². The van der Waals surface area contributed by atoms with Gasteiger partial charge in [-0.15, -0.1) is 0 Å². The highest BCUT2D eigenvalue weighted by Crippen LogP contribution is 2.33. The van der Waals surface area contributed by atoms with E-state index < -0.39 is 11.7 Å². The maximum atomic E-state index is 12.1. The Bertz CT molecular complexity index is 551. The summed E-state index contributed by atoms with van der Waals surface area (Å²) < 4.78 is 10.5. The van der Waals surface area contributed by atoms with Gasteiger partial charge in [-0.2, -0.15) is 0 Å². The third-order valence-electron chi connectivity index (χ3n) is 3.67. The van der Waals surface area contributed by atoms with Crippen LogP contribution in [0.5, 0.6) is 5.75 Å². The Balaban J connectivity index is 2.27. The first-order valence-electron chi connectivity index (χ1n) is 6.49. The number of nitrogens with zero attached hydrogens (tertiary/aromatic N) is 1. The summed E-state index contributed by atoms with van der Waals surface area (Å²) in [5.74, 6) is -0.319. The number of hydrogen-bond donors (Lipinski definition) is 0. The number of Topliss-reactive ketones (excluding diaryl/α,β-unsaturated/α-hetero) is 1. The minimum Gasteiger partial charge on any atom is -0.497 e. The Morgan fingerprint density at radius 2 is 1.90 bits per heavy atom. The normalized spacial score (nSPS) is 14.7. The summed E-state index contributed by atoms with van der Waals surface area (Å²) in [4.78, 5) is 25.5. The van der Waals surface area contributed by atoms with Crippen LogP contribution < -0.4 is 9.64 Å². The van der Waals surface area contributed by atoms with Gasteiger partial charge in [0.2, 0.25) is 0 Å². The second kappa shape index (κ2) is 5.25. The number of fused-ring (bicyclic) bond motifs is 1. The first-order chi connectivity index (χ1) is 9.39. The van der Waals surface area contributed by atoms with Crippen molar-refractivity contribution >= 4 is 17.4 Å². The van der Waals surface area contributed by atoms with Gasteiger partial charge in [0.25, 0.3) is 11.7 Å². The number of hydrogen-bond acceptors (Lipinski definition) is 4. The predicted octanol–water partition coefficient (Wildman–Crippen LogP) is 2.04. The van der Waals surface area contributed by atoms with Crippen molar-refractivity contribution < 1.29 is 19.1 Å². The van der Waals surface area contributed by atoms with Crippen LogP contribution >= 0.6 is 0 Å². The zero-order valence-electron chi connectivity index (χ0n) is 12.2. The maximum absolute atomic E-state index is 12.1. The number of carbonyl (C=O) groups excluding carboxylic acids is 2. The molecule has 108 valence electrons. The van der Waals surface area contributed by atoms with Crippen molar-refractivity contribution in [3.8, 4) is 5.75 Å². The number of rotatable bonds is 5. The van der Waals surface area contributed by atoms with Crippen LogP contribution in [-0.2, 0) is 9.53 Å². The Morgan fingerprint density at radius 1 is 1.20 bits per heavy atom. The van der Waals surface area contributed by atoms with Crippen molar-refractivity contribution in [3.63, 3.8) is 0 Å². The Hall–Kier alpha value is -1.88. The van der Waals surface area contributed by atoms with Gasteiger partial charge in [0, 0.05) is 19.7 Å². The van der Waals surface area contributed by atoms with E-state index in [1.54, 1.807) is 32.4 Å². The van der Waals surface area contributed by atoms with Crippen molar-refractivity contribution in [1.82, 2.24) is 0 Å². The fourth-order valence-electron chi connectivity index (χ4n) is 2.11. The molecule has 0 saturated carbocycles. The number of benzene rings is 1. The topological polar surface area (TPSA) is 55.8 Å². The lowest BCUT2D eigenvalue weighted by Crippen LogP contribution is -2.35. The average molecular weight is 277 g/mol. The van der Waals surface area contributed by atoms with Crippen LogP contribution in [0.25, 0.3) is 0 Å². The van der Waals surface area contributed by atoms with E-state index in [4.69, 9.17) is 9.47 Å². The number of methoxy groups -OCH3 is 2. The molecule has 0 aromatic heterocycles. The molecule has 5 nitrogen and oxygen atoms in total. The zero-order valence-corrected chi connectivity index (χ0v) is 12.2. The highest BCUT2D eigenvalue weighted by atomic mass is 16.5. The largest absolute Gasteiger partial charge is 0.497 e. The highest BCUT2D eigenvalue weighted by molar-refractivity contribution is 6.52. The van der Waals surface area contributed by atoms with Crippen molar-refractivity contribution in [2.75, 3.05) is 25.7 Å². The molecule has 0 unspecified atom stereocenters. The van der Waals surface area contributed by atoms with Crippen molar-refractivity contribution in [3.05, 3.63) is 23.8 Å². The lowest BCUT2D eigenvalue weighted by atomic mass is 10.0. The Kier molecular flexibility index (Phi) is 3.81. The molecule has 20 heavy (non-hydrogen) atoms. The molecule has 0 N–H and O–H groups in total. The van der Waals surface area contributed by atoms with Gasteiger partial charge in [-0.3, -0.25) is 9.59 Å². The van der Waals surface area contributed by atoms with Crippen molar-refractivity contribution in [1.29, 1.82) is 0 Å². The van der Waals surface area contributed by atoms with E-state index >= 15 is 0 Å². The monoisotopic (exact) mass is 277 g/mol. The number of ketones is 1. The average Bonchev–Trinajstić information content (AvgIpc) is 2.68. The summed E-state index contributed by atoms with van der Waals surface area (Å²) in [5, 5.41) is 0. The quantitative estimate of drug-likeness (QED) is 0.773. The molecule has 0 fully saturated rings. The minimum absolute atomic E-state index is 0.342. The molecule has 0 atom stereocenters. The predicted molar refractivity (Wildman–Crippen MR) is 75.4 cm³/mol. The molecule has 1 aliphatic rings. The van der Waals surface area contributed by atoms with E-state index in [0.29, 0.717) is 30.0 Å². The molecular weight excluding hydrogens is 258 g/mol. The molecule has 0 aliphatic carbocycles. The minimum atomic E-state index is -0.486. The number of anilines is 1. The first-order valence-corrected chi connectivity index (χ1v) is 6.49. The van der Waals surface area contributed by atoms with E-state index in [0.717, 1.165) is 0 Å². The fraction of sp³-hybridized carbons (Fsp3) is 0.467. The lowest BCUT2D eigenvalue weighted by Gasteiger charge is -2.26. The standard InChI is InChI=1S/C15H19NO4/c1-15(2,20-4)7-8-16-12-9-10(19-3)5-6-11(12)13(17)14(16)18/h5-6,9H,7-8H2,1-4H3. The van der Waals surface area contributed by atoms with E-state index in [-0.39, 0.29) is 5.60 Å². The smallest absolute Gasteiger partial charge is 0.299 e. The summed E-state index contributed by atoms with van der Waals surface area (Å²) in [6.07, 6.45) is 0.638. The molecular formula is C15H19NO4. The molecule has 0 saturated heterocycles. The van der Waals surface area contributed by atoms with Gasteiger partial charge < -0.3 is 14.4 Å². The van der Waals surface area contributed by atoms with Gasteiger partial charge in [-0.05, 0) is 32.4 Å². The summed E-state index contributed by atoms with van der Waals surface area (Å²) in [7, 11) is 3.19. The third kappa shape index (κ3) is 2.54. The maximum Gasteiger partial charge on any atom is 0.299 e. The van der Waals surface area contributed by atoms with Gasteiger partial charge in [0.05, 0.1) is 24.0 Å². The van der Waals surface area contributed by atoms with Crippen molar-refractivity contribution in [2.45, 2.75) is 25.9 Å². The van der Waals surface area contributed by atoms with Crippen LogP contribution in [0.3, 0.4) is 0 Å². The summed E-state index contributed by atoms with van der Waals surface area (Å²) >= 11 is 0. The Labute approximate surface area is 118 Å². The second-order valence-electron chi connectivity index (χ2n) is 5.38. The van der Waals surface area contributed by atoms with Gasteiger partial charge in [-0.1, -0.05) is 0 Å². The van der Waals surface area contributed by atoms with Crippen LogP contribution in [0.15, 0.2) is 18.2 Å². The molecule has 5 heteroatoms. The van der Waals surface area contributed by atoms with Crippen LogP contribution in [-0.4, -0.2) is 38.1 Å². The number of ether oxygens (including phenoxy) is 2. The van der Waals surface area contributed by atoms with Gasteiger partial charge >= 0.3 is 0 Å². The van der Waals surface area contributed by atoms with Gasteiger partial charge in [0.15, 0.2) is 0 Å². The van der Waals surface area contributed by atoms with E-state index in [1.165, 1.54) is 4.90 Å². The third-order valence-corrected chi connectivity index (χ3v) is 3.67. The second-order valence-corrected chi connectivity index (χ2v) is 5.38.